The van der Waals surface area contributed by atoms with Crippen LogP contribution in [0, 0.1) is 5.92 Å². The molecule has 0 spiro atoms. The lowest BCUT2D eigenvalue weighted by Crippen LogP contribution is -2.37. The molecule has 0 aromatic heterocycles. The van der Waals surface area contributed by atoms with E-state index >= 15 is 0 Å². The summed E-state index contributed by atoms with van der Waals surface area (Å²) in [4.78, 5) is 13.8. The highest BCUT2D eigenvalue weighted by Gasteiger charge is 2.19. The Labute approximate surface area is 113 Å². The number of aliphatic hydroxyl groups is 1. The molecule has 0 bridgehead atoms. The molecular formula is C14H20ClNO2. The average molecular weight is 270 g/mol. The third kappa shape index (κ3) is 4.31. The van der Waals surface area contributed by atoms with E-state index in [0.29, 0.717) is 24.5 Å². The van der Waals surface area contributed by atoms with Gasteiger partial charge in [-0.25, -0.2) is 0 Å². The Balaban J connectivity index is 2.61. The Morgan fingerprint density at radius 2 is 2.00 bits per heavy atom. The molecule has 1 aromatic rings. The van der Waals surface area contributed by atoms with E-state index < -0.39 is 0 Å². The monoisotopic (exact) mass is 269 g/mol. The van der Waals surface area contributed by atoms with Crippen LogP contribution < -0.4 is 0 Å². The normalized spacial score (nSPS) is 12.2. The van der Waals surface area contributed by atoms with E-state index in [0.717, 1.165) is 5.56 Å². The van der Waals surface area contributed by atoms with Crippen LogP contribution in [0.2, 0.25) is 5.02 Å². The van der Waals surface area contributed by atoms with Gasteiger partial charge in [0.05, 0.1) is 6.61 Å². The van der Waals surface area contributed by atoms with E-state index in [2.05, 4.69) is 0 Å². The summed E-state index contributed by atoms with van der Waals surface area (Å²) < 4.78 is 0. The molecule has 0 saturated carbocycles. The Morgan fingerprint density at radius 3 is 2.50 bits per heavy atom. The van der Waals surface area contributed by atoms with Gasteiger partial charge < -0.3 is 10.0 Å². The first-order valence-corrected chi connectivity index (χ1v) is 6.60. The molecule has 0 fully saturated rings. The molecule has 1 N–H and O–H groups in total. The van der Waals surface area contributed by atoms with Crippen LogP contribution in [-0.2, 0) is 11.2 Å². The quantitative estimate of drug-likeness (QED) is 0.861. The fourth-order valence-electron chi connectivity index (χ4n) is 1.92. The van der Waals surface area contributed by atoms with Crippen LogP contribution >= 0.6 is 11.6 Å². The van der Waals surface area contributed by atoms with E-state index in [1.54, 1.807) is 4.90 Å². The number of nitrogens with zero attached hydrogens (tertiary/aromatic N) is 1. The molecule has 0 aliphatic heterocycles. The van der Waals surface area contributed by atoms with E-state index in [4.69, 9.17) is 16.7 Å². The summed E-state index contributed by atoms with van der Waals surface area (Å²) in [6.45, 7) is 4.87. The Morgan fingerprint density at radius 1 is 1.39 bits per heavy atom. The van der Waals surface area contributed by atoms with E-state index in [-0.39, 0.29) is 18.4 Å². The molecule has 1 unspecified atom stereocenters. The minimum absolute atomic E-state index is 0.00719. The zero-order valence-electron chi connectivity index (χ0n) is 10.9. The van der Waals surface area contributed by atoms with Gasteiger partial charge in [0.2, 0.25) is 5.91 Å². The summed E-state index contributed by atoms with van der Waals surface area (Å²) in [7, 11) is 0. The first-order valence-electron chi connectivity index (χ1n) is 6.22. The fraction of sp³-hybridized carbons (Fsp3) is 0.500. The number of hydrogen-bond acceptors (Lipinski definition) is 2. The van der Waals surface area contributed by atoms with Crippen molar-refractivity contribution in [1.29, 1.82) is 0 Å². The van der Waals surface area contributed by atoms with Gasteiger partial charge in [-0.05, 0) is 31.0 Å². The van der Waals surface area contributed by atoms with Crippen molar-refractivity contribution < 1.29 is 9.90 Å². The number of halogens is 1. The van der Waals surface area contributed by atoms with Crippen molar-refractivity contribution in [2.75, 3.05) is 19.7 Å². The maximum atomic E-state index is 12.1. The lowest BCUT2D eigenvalue weighted by Gasteiger charge is -2.23. The standard InChI is InChI=1S/C14H20ClNO2/c1-3-16(8-9-17)14(18)11(2)10-12-4-6-13(15)7-5-12/h4-7,11,17H,3,8-10H2,1-2H3. The number of rotatable bonds is 6. The van der Waals surface area contributed by atoms with E-state index in [9.17, 15) is 4.79 Å². The largest absolute Gasteiger partial charge is 0.395 e. The lowest BCUT2D eigenvalue weighted by molar-refractivity contribution is -0.135. The smallest absolute Gasteiger partial charge is 0.225 e. The van der Waals surface area contributed by atoms with Crippen LogP contribution in [0.4, 0.5) is 0 Å². The number of likely N-dealkylation sites (N-methyl/N-ethyl adjacent to an activating group) is 1. The van der Waals surface area contributed by atoms with Gasteiger partial charge in [0.25, 0.3) is 0 Å². The van der Waals surface area contributed by atoms with Crippen molar-refractivity contribution in [2.24, 2.45) is 5.92 Å². The molecule has 18 heavy (non-hydrogen) atoms. The summed E-state index contributed by atoms with van der Waals surface area (Å²) in [5.41, 5.74) is 1.10. The molecule has 0 aliphatic rings. The van der Waals surface area contributed by atoms with Gasteiger partial charge in [-0.2, -0.15) is 0 Å². The zero-order chi connectivity index (χ0) is 13.5. The average Bonchev–Trinajstić information content (AvgIpc) is 2.37. The second-order valence-corrected chi connectivity index (χ2v) is 4.81. The van der Waals surface area contributed by atoms with E-state index in [1.165, 1.54) is 0 Å². The Bertz CT molecular complexity index is 378. The highest BCUT2D eigenvalue weighted by Crippen LogP contribution is 2.14. The summed E-state index contributed by atoms with van der Waals surface area (Å²) >= 11 is 5.82. The molecule has 1 rings (SSSR count). The molecule has 1 atom stereocenters. The van der Waals surface area contributed by atoms with Gasteiger partial charge in [-0.3, -0.25) is 4.79 Å². The topological polar surface area (TPSA) is 40.5 Å². The van der Waals surface area contributed by atoms with Gasteiger partial charge in [-0.1, -0.05) is 30.7 Å². The Kier molecular flexibility index (Phi) is 6.16. The van der Waals surface area contributed by atoms with Gasteiger partial charge in [0.15, 0.2) is 0 Å². The van der Waals surface area contributed by atoms with Crippen LogP contribution in [0.5, 0.6) is 0 Å². The predicted octanol–water partition coefficient (Wildman–Crippen LogP) is 2.36. The number of hydrogen-bond donors (Lipinski definition) is 1. The number of benzene rings is 1. The van der Waals surface area contributed by atoms with Gasteiger partial charge in [-0.15, -0.1) is 0 Å². The van der Waals surface area contributed by atoms with Crippen LogP contribution in [0.25, 0.3) is 0 Å². The molecule has 1 amide bonds. The maximum Gasteiger partial charge on any atom is 0.225 e. The van der Waals surface area contributed by atoms with Crippen LogP contribution in [0.1, 0.15) is 19.4 Å². The molecule has 0 radical (unpaired) electrons. The van der Waals surface area contributed by atoms with Crippen LogP contribution in [0.15, 0.2) is 24.3 Å². The molecule has 0 saturated heterocycles. The van der Waals surface area contributed by atoms with Crippen molar-refractivity contribution >= 4 is 17.5 Å². The molecule has 1 aromatic carbocycles. The molecule has 100 valence electrons. The summed E-state index contributed by atoms with van der Waals surface area (Å²) in [5.74, 6) is -0.000763. The molecule has 0 heterocycles. The SMILES string of the molecule is CCN(CCO)C(=O)C(C)Cc1ccc(Cl)cc1. The maximum absolute atomic E-state index is 12.1. The predicted molar refractivity (Wildman–Crippen MR) is 73.7 cm³/mol. The van der Waals surface area contributed by atoms with Gasteiger partial charge >= 0.3 is 0 Å². The van der Waals surface area contributed by atoms with Crippen molar-refractivity contribution in [3.8, 4) is 0 Å². The fourth-order valence-corrected chi connectivity index (χ4v) is 2.04. The molecule has 3 nitrogen and oxygen atoms in total. The van der Waals surface area contributed by atoms with Crippen molar-refractivity contribution in [3.05, 3.63) is 34.9 Å². The van der Waals surface area contributed by atoms with Crippen LogP contribution in [-0.4, -0.2) is 35.6 Å². The second kappa shape index (κ2) is 7.39. The minimum Gasteiger partial charge on any atom is -0.395 e. The first-order chi connectivity index (χ1) is 8.58. The van der Waals surface area contributed by atoms with Gasteiger partial charge in [0.1, 0.15) is 0 Å². The van der Waals surface area contributed by atoms with Crippen LogP contribution in [0.3, 0.4) is 0 Å². The lowest BCUT2D eigenvalue weighted by atomic mass is 10.00. The molecule has 0 aliphatic carbocycles. The first kappa shape index (κ1) is 15.0. The third-order valence-electron chi connectivity index (χ3n) is 2.94. The van der Waals surface area contributed by atoms with Crippen molar-refractivity contribution in [2.45, 2.75) is 20.3 Å². The number of carbonyl (C=O) groups excluding carboxylic acids is 1. The third-order valence-corrected chi connectivity index (χ3v) is 3.19. The van der Waals surface area contributed by atoms with E-state index in [1.807, 2.05) is 38.1 Å². The van der Waals surface area contributed by atoms with Crippen molar-refractivity contribution in [3.63, 3.8) is 0 Å². The summed E-state index contributed by atoms with van der Waals surface area (Å²) in [6.07, 6.45) is 0.692. The molecule has 4 heteroatoms. The highest BCUT2D eigenvalue weighted by atomic mass is 35.5. The second-order valence-electron chi connectivity index (χ2n) is 4.37. The molecular weight excluding hydrogens is 250 g/mol. The highest BCUT2D eigenvalue weighted by molar-refractivity contribution is 6.30. The van der Waals surface area contributed by atoms with Gasteiger partial charge in [0, 0.05) is 24.0 Å². The summed E-state index contributed by atoms with van der Waals surface area (Å²) in [6, 6.07) is 7.54. The number of aliphatic hydroxyl groups excluding tert-OH is 1. The summed E-state index contributed by atoms with van der Waals surface area (Å²) in [5, 5.41) is 9.61. The zero-order valence-corrected chi connectivity index (χ0v) is 11.7. The minimum atomic E-state index is -0.0855. The number of amides is 1. The number of carbonyl (C=O) groups is 1. The van der Waals surface area contributed by atoms with Crippen molar-refractivity contribution in [1.82, 2.24) is 4.90 Å². The Hall–Kier alpha value is -1.06.